The second-order valence-electron chi connectivity index (χ2n) is 4.45. The minimum absolute atomic E-state index is 0.0957. The van der Waals surface area contributed by atoms with Crippen LogP contribution in [0.5, 0.6) is 0 Å². The zero-order valence-corrected chi connectivity index (χ0v) is 10.9. The van der Waals surface area contributed by atoms with Gasteiger partial charge in [-0.2, -0.15) is 0 Å². The van der Waals surface area contributed by atoms with E-state index in [1.165, 1.54) is 32.5 Å². The Balaban J connectivity index is 2.29. The lowest BCUT2D eigenvalue weighted by molar-refractivity contribution is -0.117. The molecule has 1 fully saturated rings. The van der Waals surface area contributed by atoms with Crippen molar-refractivity contribution in [3.63, 3.8) is 0 Å². The van der Waals surface area contributed by atoms with Crippen molar-refractivity contribution in [2.24, 2.45) is 5.92 Å². The number of likely N-dealkylation sites (N-methyl/N-ethyl adjacent to an activating group) is 1. The quantitative estimate of drug-likeness (QED) is 0.660. The maximum Gasteiger partial charge on any atom is 0.169 e. The number of rotatable bonds is 7. The first-order valence-electron chi connectivity index (χ1n) is 6.28. The van der Waals surface area contributed by atoms with Gasteiger partial charge in [-0.05, 0) is 38.4 Å². The molecular formula is C12H26N2O2. The van der Waals surface area contributed by atoms with E-state index in [-0.39, 0.29) is 6.29 Å². The van der Waals surface area contributed by atoms with Crippen LogP contribution in [0, 0.1) is 5.92 Å². The Morgan fingerprint density at radius 1 is 1.25 bits per heavy atom. The Hall–Kier alpha value is -0.160. The molecule has 1 heterocycles. The standard InChI is InChI=1S/C12H26N2O2/c1-4-14(10-12(15-2)16-3)9-11-5-7-13-8-6-11/h11-13H,4-10H2,1-3H3. The summed E-state index contributed by atoms with van der Waals surface area (Å²) < 4.78 is 10.5. The Labute approximate surface area is 99.3 Å². The van der Waals surface area contributed by atoms with Crippen molar-refractivity contribution >= 4 is 0 Å². The summed E-state index contributed by atoms with van der Waals surface area (Å²) in [7, 11) is 3.40. The SMILES string of the molecule is CCN(CC1CCNCC1)CC(OC)OC. The molecule has 16 heavy (non-hydrogen) atoms. The van der Waals surface area contributed by atoms with Gasteiger partial charge in [-0.15, -0.1) is 0 Å². The first kappa shape index (κ1) is 13.9. The van der Waals surface area contributed by atoms with Gasteiger partial charge in [0.05, 0.1) is 0 Å². The van der Waals surface area contributed by atoms with Crippen molar-refractivity contribution in [3.05, 3.63) is 0 Å². The van der Waals surface area contributed by atoms with Crippen LogP contribution in [0.4, 0.5) is 0 Å². The number of nitrogens with one attached hydrogen (secondary N) is 1. The maximum absolute atomic E-state index is 5.24. The molecule has 0 aliphatic carbocycles. The zero-order chi connectivity index (χ0) is 11.8. The molecule has 4 nitrogen and oxygen atoms in total. The molecule has 1 aliphatic heterocycles. The molecule has 1 rings (SSSR count). The predicted octanol–water partition coefficient (Wildman–Crippen LogP) is 0.927. The van der Waals surface area contributed by atoms with Crippen molar-refractivity contribution in [1.29, 1.82) is 0 Å². The summed E-state index contributed by atoms with van der Waals surface area (Å²) in [5.41, 5.74) is 0. The molecule has 0 aromatic rings. The highest BCUT2D eigenvalue weighted by atomic mass is 16.7. The van der Waals surface area contributed by atoms with Gasteiger partial charge in [0.15, 0.2) is 6.29 Å². The Bertz CT molecular complexity index is 168. The largest absolute Gasteiger partial charge is 0.355 e. The first-order chi connectivity index (χ1) is 7.80. The second kappa shape index (κ2) is 8.01. The molecule has 0 atom stereocenters. The van der Waals surface area contributed by atoms with Gasteiger partial charge in [-0.25, -0.2) is 0 Å². The van der Waals surface area contributed by atoms with Gasteiger partial charge in [0.25, 0.3) is 0 Å². The fraction of sp³-hybridized carbons (Fsp3) is 1.00. The lowest BCUT2D eigenvalue weighted by Crippen LogP contribution is -2.40. The van der Waals surface area contributed by atoms with Crippen LogP contribution in [0.2, 0.25) is 0 Å². The molecule has 0 aromatic heterocycles. The lowest BCUT2D eigenvalue weighted by Gasteiger charge is -2.30. The molecule has 1 N–H and O–H groups in total. The number of nitrogens with zero attached hydrogens (tertiary/aromatic N) is 1. The van der Waals surface area contributed by atoms with Crippen LogP contribution in [0.25, 0.3) is 0 Å². The van der Waals surface area contributed by atoms with Gasteiger partial charge in [0, 0.05) is 27.3 Å². The summed E-state index contributed by atoms with van der Waals surface area (Å²) in [6, 6.07) is 0. The van der Waals surface area contributed by atoms with E-state index in [2.05, 4.69) is 17.1 Å². The average molecular weight is 230 g/mol. The van der Waals surface area contributed by atoms with Crippen LogP contribution in [-0.2, 0) is 9.47 Å². The van der Waals surface area contributed by atoms with Crippen LogP contribution >= 0.6 is 0 Å². The van der Waals surface area contributed by atoms with Crippen LogP contribution < -0.4 is 5.32 Å². The average Bonchev–Trinajstić information content (AvgIpc) is 2.35. The second-order valence-corrected chi connectivity index (χ2v) is 4.45. The Kier molecular flexibility index (Phi) is 6.96. The topological polar surface area (TPSA) is 33.7 Å². The highest BCUT2D eigenvalue weighted by Gasteiger charge is 2.18. The maximum atomic E-state index is 5.24. The Morgan fingerprint density at radius 3 is 2.38 bits per heavy atom. The van der Waals surface area contributed by atoms with Crippen LogP contribution in [-0.4, -0.2) is 58.1 Å². The molecule has 0 bridgehead atoms. The third-order valence-electron chi connectivity index (χ3n) is 3.36. The van der Waals surface area contributed by atoms with E-state index >= 15 is 0 Å². The number of hydrogen-bond donors (Lipinski definition) is 1. The minimum Gasteiger partial charge on any atom is -0.355 e. The molecule has 1 aliphatic rings. The highest BCUT2D eigenvalue weighted by Crippen LogP contribution is 2.13. The van der Waals surface area contributed by atoms with E-state index < -0.39 is 0 Å². The van der Waals surface area contributed by atoms with Gasteiger partial charge in [-0.3, -0.25) is 4.90 Å². The van der Waals surface area contributed by atoms with Crippen molar-refractivity contribution in [2.45, 2.75) is 26.1 Å². The molecule has 0 spiro atoms. The molecule has 96 valence electrons. The molecule has 0 radical (unpaired) electrons. The first-order valence-corrected chi connectivity index (χ1v) is 6.28. The van der Waals surface area contributed by atoms with Gasteiger partial charge >= 0.3 is 0 Å². The third-order valence-corrected chi connectivity index (χ3v) is 3.36. The van der Waals surface area contributed by atoms with Gasteiger partial charge < -0.3 is 14.8 Å². The van der Waals surface area contributed by atoms with Gasteiger partial charge in [0.1, 0.15) is 0 Å². The fourth-order valence-corrected chi connectivity index (χ4v) is 2.22. The van der Waals surface area contributed by atoms with E-state index in [0.29, 0.717) is 0 Å². The van der Waals surface area contributed by atoms with E-state index in [1.807, 2.05) is 0 Å². The van der Waals surface area contributed by atoms with Gasteiger partial charge in [-0.1, -0.05) is 6.92 Å². The molecule has 0 unspecified atom stereocenters. The molecule has 0 amide bonds. The lowest BCUT2D eigenvalue weighted by atomic mass is 9.97. The number of ether oxygens (including phenoxy) is 2. The highest BCUT2D eigenvalue weighted by molar-refractivity contribution is 4.72. The molecule has 1 saturated heterocycles. The number of piperidine rings is 1. The number of hydrogen-bond acceptors (Lipinski definition) is 4. The van der Waals surface area contributed by atoms with Crippen molar-refractivity contribution < 1.29 is 9.47 Å². The molecular weight excluding hydrogens is 204 g/mol. The van der Waals surface area contributed by atoms with E-state index in [4.69, 9.17) is 9.47 Å². The van der Waals surface area contributed by atoms with Crippen molar-refractivity contribution in [2.75, 3.05) is 46.9 Å². The molecule has 0 saturated carbocycles. The van der Waals surface area contributed by atoms with Crippen LogP contribution in [0.15, 0.2) is 0 Å². The van der Waals surface area contributed by atoms with E-state index in [0.717, 1.165) is 19.0 Å². The monoisotopic (exact) mass is 230 g/mol. The summed E-state index contributed by atoms with van der Waals surface area (Å²) in [5.74, 6) is 0.829. The molecule has 0 aromatic carbocycles. The van der Waals surface area contributed by atoms with Crippen LogP contribution in [0.3, 0.4) is 0 Å². The third kappa shape index (κ3) is 4.78. The van der Waals surface area contributed by atoms with Crippen molar-refractivity contribution in [1.82, 2.24) is 10.2 Å². The fourth-order valence-electron chi connectivity index (χ4n) is 2.22. The summed E-state index contributed by atoms with van der Waals surface area (Å²) in [6.07, 6.45) is 2.49. The summed E-state index contributed by atoms with van der Waals surface area (Å²) in [4.78, 5) is 2.42. The number of methoxy groups -OCH3 is 2. The van der Waals surface area contributed by atoms with E-state index in [1.54, 1.807) is 14.2 Å². The minimum atomic E-state index is -0.0957. The summed E-state index contributed by atoms with van der Waals surface area (Å²) in [5, 5.41) is 3.40. The normalized spacial score (nSPS) is 18.6. The molecule has 4 heteroatoms. The summed E-state index contributed by atoms with van der Waals surface area (Å²) in [6.45, 7) is 7.63. The van der Waals surface area contributed by atoms with Crippen LogP contribution in [0.1, 0.15) is 19.8 Å². The Morgan fingerprint density at radius 2 is 1.88 bits per heavy atom. The summed E-state index contributed by atoms with van der Waals surface area (Å²) >= 11 is 0. The predicted molar refractivity (Wildman–Crippen MR) is 65.5 cm³/mol. The van der Waals surface area contributed by atoms with Crippen molar-refractivity contribution in [3.8, 4) is 0 Å². The van der Waals surface area contributed by atoms with E-state index in [9.17, 15) is 0 Å². The smallest absolute Gasteiger partial charge is 0.169 e. The van der Waals surface area contributed by atoms with Gasteiger partial charge in [0.2, 0.25) is 0 Å². The zero-order valence-electron chi connectivity index (χ0n) is 10.9.